The highest BCUT2D eigenvalue weighted by Gasteiger charge is 2.25. The molecule has 0 bridgehead atoms. The van der Waals surface area contributed by atoms with E-state index in [1.54, 1.807) is 24.3 Å². The molecule has 22 heavy (non-hydrogen) atoms. The van der Waals surface area contributed by atoms with E-state index in [-0.39, 0.29) is 5.56 Å². The fraction of sp³-hybridized carbons (Fsp3) is 0.333. The Morgan fingerprint density at radius 1 is 1.27 bits per heavy atom. The molecule has 0 saturated heterocycles. The maximum Gasteiger partial charge on any atom is 0.334 e. The number of anilines is 1. The zero-order chi connectivity index (χ0) is 15.7. The summed E-state index contributed by atoms with van der Waals surface area (Å²) in [4.78, 5) is 28.0. The third-order valence-corrected chi connectivity index (χ3v) is 4.08. The zero-order valence-electron chi connectivity index (χ0n) is 12.3. The lowest BCUT2D eigenvalue weighted by atomic mass is 10.2. The van der Waals surface area contributed by atoms with Gasteiger partial charge in [0, 0.05) is 5.02 Å². The summed E-state index contributed by atoms with van der Waals surface area (Å²) in [6, 6.07) is 6.96. The van der Waals surface area contributed by atoms with Gasteiger partial charge in [0.1, 0.15) is 17.9 Å². The summed E-state index contributed by atoms with van der Waals surface area (Å²) in [5.41, 5.74) is 0.529. The SMILES string of the molecule is CCC[NH+]1CNc2c(c(=O)[nH]c(=O)n2-c2ccc(Cl)cc2)C1. The number of aromatic amines is 1. The van der Waals surface area contributed by atoms with Gasteiger partial charge in [-0.3, -0.25) is 9.78 Å². The van der Waals surface area contributed by atoms with Gasteiger partial charge < -0.3 is 10.2 Å². The summed E-state index contributed by atoms with van der Waals surface area (Å²) in [7, 11) is 0. The molecule has 0 aliphatic carbocycles. The van der Waals surface area contributed by atoms with Crippen LogP contribution in [0.2, 0.25) is 5.02 Å². The molecule has 1 aromatic heterocycles. The van der Waals surface area contributed by atoms with Crippen molar-refractivity contribution >= 4 is 17.4 Å². The molecule has 1 atom stereocenters. The van der Waals surface area contributed by atoms with Crippen molar-refractivity contribution in [3.63, 3.8) is 0 Å². The molecule has 0 spiro atoms. The lowest BCUT2D eigenvalue weighted by molar-refractivity contribution is -0.912. The third-order valence-electron chi connectivity index (χ3n) is 3.83. The van der Waals surface area contributed by atoms with Gasteiger partial charge in [0.2, 0.25) is 0 Å². The molecule has 6 nitrogen and oxygen atoms in total. The molecule has 116 valence electrons. The van der Waals surface area contributed by atoms with Crippen molar-refractivity contribution < 1.29 is 4.90 Å². The largest absolute Gasteiger partial charge is 0.334 e. The molecule has 1 aromatic carbocycles. The van der Waals surface area contributed by atoms with E-state index < -0.39 is 5.69 Å². The van der Waals surface area contributed by atoms with Crippen LogP contribution >= 0.6 is 11.6 Å². The monoisotopic (exact) mass is 321 g/mol. The molecule has 0 amide bonds. The highest BCUT2D eigenvalue weighted by atomic mass is 35.5. The van der Waals surface area contributed by atoms with Crippen LogP contribution in [0.5, 0.6) is 0 Å². The summed E-state index contributed by atoms with van der Waals surface area (Å²) in [6.07, 6.45) is 1.04. The quantitative estimate of drug-likeness (QED) is 0.764. The number of rotatable bonds is 3. The number of aromatic nitrogens is 2. The first-order valence-corrected chi connectivity index (χ1v) is 7.69. The summed E-state index contributed by atoms with van der Waals surface area (Å²) in [6.45, 7) is 4.39. The fourth-order valence-corrected chi connectivity index (χ4v) is 2.94. The van der Waals surface area contributed by atoms with Crippen molar-refractivity contribution in [3.05, 3.63) is 55.7 Å². The Hall–Kier alpha value is -2.05. The molecule has 1 unspecified atom stereocenters. The fourth-order valence-electron chi connectivity index (χ4n) is 2.81. The van der Waals surface area contributed by atoms with E-state index in [1.165, 1.54) is 9.47 Å². The predicted octanol–water partition coefficient (Wildman–Crippen LogP) is 0.357. The molecular weight excluding hydrogens is 304 g/mol. The average molecular weight is 322 g/mol. The number of quaternary nitrogens is 1. The van der Waals surface area contributed by atoms with Crippen molar-refractivity contribution in [2.75, 3.05) is 18.5 Å². The van der Waals surface area contributed by atoms with Crippen LogP contribution in [0, 0.1) is 0 Å². The van der Waals surface area contributed by atoms with Gasteiger partial charge in [-0.25, -0.2) is 9.36 Å². The van der Waals surface area contributed by atoms with Crippen molar-refractivity contribution in [1.82, 2.24) is 9.55 Å². The van der Waals surface area contributed by atoms with E-state index in [1.807, 2.05) is 0 Å². The van der Waals surface area contributed by atoms with Gasteiger partial charge in [-0.1, -0.05) is 18.5 Å². The standard InChI is InChI=1S/C15H17ClN4O2/c1-2-7-19-8-12-13(17-9-19)20(15(22)18-14(12)21)11-5-3-10(16)4-6-11/h3-6,17H,2,7-9H2,1H3,(H,18,21,22)/p+1. The Morgan fingerprint density at radius 2 is 2.00 bits per heavy atom. The normalized spacial score (nSPS) is 16.9. The number of benzene rings is 1. The maximum absolute atomic E-state index is 12.2. The smallest absolute Gasteiger partial charge is 0.324 e. The number of hydrogen-bond donors (Lipinski definition) is 3. The molecule has 0 radical (unpaired) electrons. The lowest BCUT2D eigenvalue weighted by Crippen LogP contribution is -3.12. The van der Waals surface area contributed by atoms with E-state index >= 15 is 0 Å². The van der Waals surface area contributed by atoms with Crippen LogP contribution in [-0.4, -0.2) is 22.8 Å². The molecule has 0 fully saturated rings. The molecule has 1 aliphatic rings. The van der Waals surface area contributed by atoms with E-state index in [2.05, 4.69) is 17.2 Å². The Morgan fingerprint density at radius 3 is 2.68 bits per heavy atom. The topological polar surface area (TPSA) is 71.3 Å². The second-order valence-electron chi connectivity index (χ2n) is 5.43. The molecule has 2 heterocycles. The summed E-state index contributed by atoms with van der Waals surface area (Å²) < 4.78 is 1.50. The second-order valence-corrected chi connectivity index (χ2v) is 5.87. The Labute approximate surface area is 132 Å². The van der Waals surface area contributed by atoms with Gasteiger partial charge in [0.25, 0.3) is 5.56 Å². The summed E-state index contributed by atoms with van der Waals surface area (Å²) in [5.74, 6) is 0.580. The van der Waals surface area contributed by atoms with Crippen LogP contribution in [0.4, 0.5) is 5.82 Å². The average Bonchev–Trinajstić information content (AvgIpc) is 2.50. The number of H-pyrrole nitrogens is 1. The van der Waals surface area contributed by atoms with Gasteiger partial charge in [-0.2, -0.15) is 0 Å². The lowest BCUT2D eigenvalue weighted by Gasteiger charge is -2.27. The highest BCUT2D eigenvalue weighted by Crippen LogP contribution is 2.18. The molecule has 7 heteroatoms. The van der Waals surface area contributed by atoms with Crippen LogP contribution in [0.1, 0.15) is 18.9 Å². The first-order valence-electron chi connectivity index (χ1n) is 7.31. The minimum atomic E-state index is -0.447. The minimum absolute atomic E-state index is 0.314. The highest BCUT2D eigenvalue weighted by molar-refractivity contribution is 6.30. The van der Waals surface area contributed by atoms with Crippen LogP contribution in [0.25, 0.3) is 5.69 Å². The van der Waals surface area contributed by atoms with Gasteiger partial charge in [-0.15, -0.1) is 0 Å². The van der Waals surface area contributed by atoms with Crippen molar-refractivity contribution in [1.29, 1.82) is 0 Å². The van der Waals surface area contributed by atoms with Gasteiger partial charge >= 0.3 is 5.69 Å². The van der Waals surface area contributed by atoms with Crippen molar-refractivity contribution in [3.8, 4) is 5.69 Å². The second kappa shape index (κ2) is 5.98. The van der Waals surface area contributed by atoms with Crippen LogP contribution in [0.15, 0.2) is 33.9 Å². The first-order chi connectivity index (χ1) is 10.6. The Kier molecular flexibility index (Phi) is 4.04. The molecule has 3 N–H and O–H groups in total. The molecule has 2 aromatic rings. The number of halogens is 1. The molecule has 0 saturated carbocycles. The number of nitrogens with one attached hydrogen (secondary N) is 3. The van der Waals surface area contributed by atoms with Crippen LogP contribution in [0.3, 0.4) is 0 Å². The van der Waals surface area contributed by atoms with Gasteiger partial charge in [0.05, 0.1) is 12.2 Å². The summed E-state index contributed by atoms with van der Waals surface area (Å²) >= 11 is 5.90. The molecule has 1 aliphatic heterocycles. The number of fused-ring (bicyclic) bond motifs is 1. The van der Waals surface area contributed by atoms with E-state index in [0.717, 1.165) is 13.0 Å². The van der Waals surface area contributed by atoms with Gasteiger partial charge in [-0.05, 0) is 30.7 Å². The van der Waals surface area contributed by atoms with E-state index in [9.17, 15) is 9.59 Å². The predicted molar refractivity (Wildman–Crippen MR) is 86.0 cm³/mol. The van der Waals surface area contributed by atoms with E-state index in [4.69, 9.17) is 11.6 Å². The van der Waals surface area contributed by atoms with E-state index in [0.29, 0.717) is 35.3 Å². The Bertz CT molecular complexity index is 795. The van der Waals surface area contributed by atoms with Gasteiger partial charge in [0.15, 0.2) is 6.67 Å². The molecular formula is C15H18ClN4O2+. The number of hydrogen-bond acceptors (Lipinski definition) is 3. The number of nitrogens with zero attached hydrogens (tertiary/aromatic N) is 1. The van der Waals surface area contributed by atoms with Crippen LogP contribution < -0.4 is 21.5 Å². The summed E-state index contributed by atoms with van der Waals surface area (Å²) in [5, 5.41) is 3.83. The first kappa shape index (κ1) is 14.9. The minimum Gasteiger partial charge on any atom is -0.324 e. The molecule has 3 rings (SSSR count). The van der Waals surface area contributed by atoms with Crippen molar-refractivity contribution in [2.24, 2.45) is 0 Å². The zero-order valence-corrected chi connectivity index (χ0v) is 13.0. The van der Waals surface area contributed by atoms with Crippen molar-refractivity contribution in [2.45, 2.75) is 19.9 Å². The Balaban J connectivity index is 2.13. The third kappa shape index (κ3) is 2.67. The van der Waals surface area contributed by atoms with Crippen LogP contribution in [-0.2, 0) is 6.54 Å². The maximum atomic E-state index is 12.2.